The first-order chi connectivity index (χ1) is 13.9. The summed E-state index contributed by atoms with van der Waals surface area (Å²) in [7, 11) is 0. The second-order valence-electron chi connectivity index (χ2n) is 7.24. The number of rotatable bonds is 7. The van der Waals surface area contributed by atoms with Crippen molar-refractivity contribution in [3.8, 4) is 5.75 Å². The van der Waals surface area contributed by atoms with Crippen molar-refractivity contribution < 1.29 is 14.6 Å². The monoisotopic (exact) mass is 418 g/mol. The number of nitrogens with zero attached hydrogens (tertiary/aromatic N) is 2. The largest absolute Gasteiger partial charge is 0.491 e. The van der Waals surface area contributed by atoms with Gasteiger partial charge in [0.1, 0.15) is 18.5 Å². The van der Waals surface area contributed by atoms with Crippen molar-refractivity contribution >= 4 is 29.0 Å². The number of carbonyl (C=O) groups excluding carboxylic acids is 1. The number of ether oxygens (including phenoxy) is 1. The molecule has 0 aromatic heterocycles. The van der Waals surface area contributed by atoms with Gasteiger partial charge in [0.15, 0.2) is 0 Å². The number of hydrogen-bond acceptors (Lipinski definition) is 5. The predicted molar refractivity (Wildman–Crippen MR) is 116 cm³/mol. The van der Waals surface area contributed by atoms with Gasteiger partial charge < -0.3 is 25.8 Å². The van der Waals surface area contributed by atoms with E-state index >= 15 is 0 Å². The Bertz CT molecular complexity index is 801. The topological polar surface area (TPSA) is 91.1 Å². The number of urea groups is 1. The number of halogens is 1. The molecule has 1 heterocycles. The summed E-state index contributed by atoms with van der Waals surface area (Å²) in [4.78, 5) is 15.4. The van der Waals surface area contributed by atoms with Crippen LogP contribution in [0.3, 0.4) is 0 Å². The lowest BCUT2D eigenvalue weighted by atomic mass is 10.1. The summed E-state index contributed by atoms with van der Waals surface area (Å²) in [5.74, 6) is 0.625. The smallest absolute Gasteiger partial charge is 0.316 e. The van der Waals surface area contributed by atoms with Gasteiger partial charge in [-0.1, -0.05) is 11.6 Å². The van der Waals surface area contributed by atoms with Gasteiger partial charge in [0.05, 0.1) is 0 Å². The van der Waals surface area contributed by atoms with Gasteiger partial charge in [-0.25, -0.2) is 4.79 Å². The normalized spacial score (nSPS) is 18.3. The molecule has 0 aliphatic carbocycles. The molecule has 0 spiro atoms. The lowest BCUT2D eigenvalue weighted by Crippen LogP contribution is -2.54. The van der Waals surface area contributed by atoms with E-state index in [1.807, 2.05) is 24.3 Å². The molecule has 4 N–H and O–H groups in total. The van der Waals surface area contributed by atoms with E-state index in [-0.39, 0.29) is 6.61 Å². The summed E-state index contributed by atoms with van der Waals surface area (Å²) in [5, 5.41) is 13.6. The van der Waals surface area contributed by atoms with Crippen LogP contribution >= 0.6 is 11.6 Å². The SMILES string of the molecule is C[C@H]1CN(c2ccc(Cl)cc2)CCN1CC(O)COc1ccc(NC(N)=O)cc1. The average molecular weight is 419 g/mol. The van der Waals surface area contributed by atoms with Crippen molar-refractivity contribution in [2.45, 2.75) is 19.1 Å². The van der Waals surface area contributed by atoms with Gasteiger partial charge in [-0.15, -0.1) is 0 Å². The van der Waals surface area contributed by atoms with Crippen LogP contribution < -0.4 is 20.7 Å². The van der Waals surface area contributed by atoms with Crippen molar-refractivity contribution in [2.75, 3.05) is 43.0 Å². The van der Waals surface area contributed by atoms with E-state index in [1.165, 1.54) is 5.69 Å². The van der Waals surface area contributed by atoms with Crippen molar-refractivity contribution in [1.82, 2.24) is 4.90 Å². The third-order valence-electron chi connectivity index (χ3n) is 4.97. The Morgan fingerprint density at radius 2 is 1.93 bits per heavy atom. The van der Waals surface area contributed by atoms with E-state index in [0.717, 1.165) is 24.7 Å². The molecule has 0 bridgehead atoms. The third-order valence-corrected chi connectivity index (χ3v) is 5.22. The van der Waals surface area contributed by atoms with Crippen LogP contribution in [0.2, 0.25) is 5.02 Å². The first-order valence-electron chi connectivity index (χ1n) is 9.62. The molecule has 1 aliphatic rings. The molecule has 1 unspecified atom stereocenters. The lowest BCUT2D eigenvalue weighted by molar-refractivity contribution is 0.0512. The van der Waals surface area contributed by atoms with Crippen molar-refractivity contribution in [3.63, 3.8) is 0 Å². The quantitative estimate of drug-likeness (QED) is 0.643. The number of hydrogen-bond donors (Lipinski definition) is 3. The summed E-state index contributed by atoms with van der Waals surface area (Å²) >= 11 is 5.97. The number of primary amides is 1. The van der Waals surface area contributed by atoms with Crippen LogP contribution in [0.5, 0.6) is 5.75 Å². The Morgan fingerprint density at radius 3 is 2.55 bits per heavy atom. The van der Waals surface area contributed by atoms with Gasteiger partial charge >= 0.3 is 6.03 Å². The summed E-state index contributed by atoms with van der Waals surface area (Å²) in [6.45, 7) is 5.58. The zero-order chi connectivity index (χ0) is 20.8. The fourth-order valence-corrected chi connectivity index (χ4v) is 3.57. The third kappa shape index (κ3) is 6.25. The van der Waals surface area contributed by atoms with Gasteiger partial charge in [-0.05, 0) is 55.5 Å². The molecular formula is C21H27ClN4O3. The van der Waals surface area contributed by atoms with Crippen LogP contribution in [0.15, 0.2) is 48.5 Å². The van der Waals surface area contributed by atoms with Gasteiger partial charge in [-0.3, -0.25) is 4.90 Å². The Balaban J connectivity index is 1.44. The second kappa shape index (κ2) is 9.82. The van der Waals surface area contributed by atoms with Crippen LogP contribution in [0, 0.1) is 0 Å². The molecule has 3 rings (SSSR count). The number of aliphatic hydroxyl groups is 1. The molecule has 1 aliphatic heterocycles. The molecule has 8 heteroatoms. The number of carbonyl (C=O) groups is 1. The highest BCUT2D eigenvalue weighted by Gasteiger charge is 2.25. The zero-order valence-electron chi connectivity index (χ0n) is 16.4. The molecule has 1 fully saturated rings. The van der Waals surface area contributed by atoms with E-state index in [9.17, 15) is 9.90 Å². The fourth-order valence-electron chi connectivity index (χ4n) is 3.45. The summed E-state index contributed by atoms with van der Waals surface area (Å²) in [5.41, 5.74) is 6.84. The van der Waals surface area contributed by atoms with Crippen molar-refractivity contribution in [2.24, 2.45) is 5.73 Å². The average Bonchev–Trinajstić information content (AvgIpc) is 2.69. The minimum absolute atomic E-state index is 0.201. The molecule has 1 saturated heterocycles. The van der Waals surface area contributed by atoms with Crippen LogP contribution in [-0.4, -0.2) is 61.0 Å². The van der Waals surface area contributed by atoms with Crippen molar-refractivity contribution in [1.29, 1.82) is 0 Å². The molecule has 2 aromatic rings. The Hall–Kier alpha value is -2.48. The van der Waals surface area contributed by atoms with E-state index < -0.39 is 12.1 Å². The van der Waals surface area contributed by atoms with E-state index in [2.05, 4.69) is 22.0 Å². The standard InChI is InChI=1S/C21H27ClN4O3/c1-15-12-26(18-6-2-16(22)3-7-18)11-10-25(15)13-19(27)14-29-20-8-4-17(5-9-20)24-21(23)28/h2-9,15,19,27H,10-14H2,1H3,(H3,23,24,28)/t15-,19?/m0/s1. The molecular weight excluding hydrogens is 392 g/mol. The van der Waals surface area contributed by atoms with E-state index in [1.54, 1.807) is 24.3 Å². The van der Waals surface area contributed by atoms with Crippen LogP contribution in [0.4, 0.5) is 16.2 Å². The van der Waals surface area contributed by atoms with Crippen LogP contribution in [-0.2, 0) is 0 Å². The summed E-state index contributed by atoms with van der Waals surface area (Å²) in [6.07, 6.45) is -0.594. The van der Waals surface area contributed by atoms with Crippen molar-refractivity contribution in [3.05, 3.63) is 53.6 Å². The first kappa shape index (κ1) is 21.2. The van der Waals surface area contributed by atoms with Crippen LogP contribution in [0.1, 0.15) is 6.92 Å². The number of aliphatic hydroxyl groups excluding tert-OH is 1. The molecule has 0 saturated carbocycles. The maximum Gasteiger partial charge on any atom is 0.316 e. The second-order valence-corrected chi connectivity index (χ2v) is 7.68. The fraction of sp³-hybridized carbons (Fsp3) is 0.381. The molecule has 156 valence electrons. The van der Waals surface area contributed by atoms with Gasteiger partial charge in [-0.2, -0.15) is 0 Å². The number of β-amino-alcohol motifs (C(OH)–C–C–N with tert-alkyl or cyclic N) is 1. The van der Waals surface area contributed by atoms with Gasteiger partial charge in [0.2, 0.25) is 0 Å². The molecule has 2 amide bonds. The minimum atomic E-state index is -0.612. The Kier molecular flexibility index (Phi) is 7.19. The summed E-state index contributed by atoms with van der Waals surface area (Å²) in [6, 6.07) is 14.4. The lowest BCUT2D eigenvalue weighted by Gasteiger charge is -2.41. The van der Waals surface area contributed by atoms with E-state index in [4.69, 9.17) is 22.1 Å². The zero-order valence-corrected chi connectivity index (χ0v) is 17.2. The first-order valence-corrected chi connectivity index (χ1v) is 10.0. The number of amides is 2. The number of nitrogens with one attached hydrogen (secondary N) is 1. The maximum absolute atomic E-state index is 10.8. The maximum atomic E-state index is 10.8. The molecule has 2 atom stereocenters. The van der Waals surface area contributed by atoms with Gasteiger partial charge in [0, 0.05) is 48.6 Å². The Morgan fingerprint density at radius 1 is 1.24 bits per heavy atom. The number of anilines is 2. The highest BCUT2D eigenvalue weighted by molar-refractivity contribution is 6.30. The highest BCUT2D eigenvalue weighted by atomic mass is 35.5. The van der Waals surface area contributed by atoms with E-state index in [0.29, 0.717) is 24.0 Å². The number of benzene rings is 2. The molecule has 0 radical (unpaired) electrons. The molecule has 7 nitrogen and oxygen atoms in total. The number of piperazine rings is 1. The van der Waals surface area contributed by atoms with Crippen LogP contribution in [0.25, 0.3) is 0 Å². The number of nitrogens with two attached hydrogens (primary N) is 1. The minimum Gasteiger partial charge on any atom is -0.491 e. The Labute approximate surface area is 176 Å². The molecule has 29 heavy (non-hydrogen) atoms. The van der Waals surface area contributed by atoms with Gasteiger partial charge in [0.25, 0.3) is 0 Å². The predicted octanol–water partition coefficient (Wildman–Crippen LogP) is 2.78. The summed E-state index contributed by atoms with van der Waals surface area (Å²) < 4.78 is 5.66. The highest BCUT2D eigenvalue weighted by Crippen LogP contribution is 2.22. The molecule has 2 aromatic carbocycles.